The molecule has 1 N–H and O–H groups in total. The van der Waals surface area contributed by atoms with Crippen LogP contribution in [-0.4, -0.2) is 18.7 Å². The average Bonchev–Trinajstić information content (AvgIpc) is 2.09. The van der Waals surface area contributed by atoms with E-state index in [2.05, 4.69) is 5.32 Å². The van der Waals surface area contributed by atoms with Gasteiger partial charge in [-0.05, 0) is 19.3 Å². The number of nitrogens with one attached hydrogen (secondary N) is 1. The topological polar surface area (TPSA) is 46.2 Å². The third-order valence-electron chi connectivity index (χ3n) is 1.55. The second-order valence-electron chi connectivity index (χ2n) is 2.76. The minimum atomic E-state index is 0.0998. The Labute approximate surface area is 73.5 Å². The molecule has 0 saturated carbocycles. The van der Waals surface area contributed by atoms with Gasteiger partial charge in [-0.15, -0.1) is 0 Å². The minimum absolute atomic E-state index is 0.0998. The first kappa shape index (κ1) is 11.1. The molecule has 0 radical (unpaired) electrons. The van der Waals surface area contributed by atoms with Crippen molar-refractivity contribution in [3.63, 3.8) is 0 Å². The molecule has 0 aromatic rings. The molecular formula is C9H17NO2. The third-order valence-corrected chi connectivity index (χ3v) is 1.55. The predicted octanol–water partition coefficient (Wildman–Crippen LogP) is 1.27. The summed E-state index contributed by atoms with van der Waals surface area (Å²) < 4.78 is 0. The van der Waals surface area contributed by atoms with Crippen molar-refractivity contribution >= 4 is 12.2 Å². The summed E-state index contributed by atoms with van der Waals surface area (Å²) >= 11 is 0. The van der Waals surface area contributed by atoms with Crippen LogP contribution in [0.15, 0.2) is 0 Å². The van der Waals surface area contributed by atoms with Crippen LogP contribution >= 0.6 is 0 Å². The zero-order valence-electron chi connectivity index (χ0n) is 7.64. The lowest BCUT2D eigenvalue weighted by Gasteiger charge is -2.01. The molecule has 3 heteroatoms. The number of hydrogen-bond donors (Lipinski definition) is 1. The number of carbonyl (C=O) groups is 2. The molecule has 0 aliphatic rings. The molecule has 0 aliphatic heterocycles. The van der Waals surface area contributed by atoms with Gasteiger partial charge in [0.25, 0.3) is 0 Å². The smallest absolute Gasteiger partial charge is 0.219 e. The summed E-state index contributed by atoms with van der Waals surface area (Å²) in [4.78, 5) is 20.9. The van der Waals surface area contributed by atoms with Gasteiger partial charge in [0.2, 0.25) is 5.91 Å². The lowest BCUT2D eigenvalue weighted by molar-refractivity contribution is -0.121. The molecule has 0 saturated heterocycles. The van der Waals surface area contributed by atoms with Gasteiger partial charge in [0.15, 0.2) is 0 Å². The Kier molecular flexibility index (Phi) is 7.65. The highest BCUT2D eigenvalue weighted by Crippen LogP contribution is 1.97. The summed E-state index contributed by atoms with van der Waals surface area (Å²) in [6.07, 6.45) is 4.62. The number of carbonyl (C=O) groups excluding carboxylic acids is 2. The van der Waals surface area contributed by atoms with Crippen LogP contribution in [-0.2, 0) is 9.59 Å². The Balaban J connectivity index is 3.13. The molecule has 0 rings (SSSR count). The van der Waals surface area contributed by atoms with Crippen LogP contribution in [0.2, 0.25) is 0 Å². The van der Waals surface area contributed by atoms with Gasteiger partial charge in [0.1, 0.15) is 6.29 Å². The summed E-state index contributed by atoms with van der Waals surface area (Å²) in [5.41, 5.74) is 0. The molecule has 0 aromatic carbocycles. The Bertz CT molecular complexity index is 134. The van der Waals surface area contributed by atoms with Gasteiger partial charge >= 0.3 is 0 Å². The van der Waals surface area contributed by atoms with E-state index in [1.54, 1.807) is 0 Å². The Morgan fingerprint density at radius 1 is 1.42 bits per heavy atom. The first-order valence-electron chi connectivity index (χ1n) is 4.51. The van der Waals surface area contributed by atoms with E-state index in [1.807, 2.05) is 6.92 Å². The number of aldehydes is 1. The van der Waals surface area contributed by atoms with E-state index >= 15 is 0 Å². The number of unbranched alkanes of at least 4 members (excludes halogenated alkanes) is 2. The van der Waals surface area contributed by atoms with Gasteiger partial charge in [-0.3, -0.25) is 4.79 Å². The molecule has 70 valence electrons. The quantitative estimate of drug-likeness (QED) is 0.463. The molecule has 0 bridgehead atoms. The van der Waals surface area contributed by atoms with E-state index in [0.717, 1.165) is 32.1 Å². The number of rotatable bonds is 7. The summed E-state index contributed by atoms with van der Waals surface area (Å²) in [5.74, 6) is 0.0998. The SMILES string of the molecule is CCCNC(=O)CCCCC=O. The number of hydrogen-bond acceptors (Lipinski definition) is 2. The van der Waals surface area contributed by atoms with Crippen molar-refractivity contribution in [1.29, 1.82) is 0 Å². The van der Waals surface area contributed by atoms with Gasteiger partial charge in [-0.1, -0.05) is 6.92 Å². The highest BCUT2D eigenvalue weighted by Gasteiger charge is 1.98. The van der Waals surface area contributed by atoms with Crippen molar-refractivity contribution in [2.75, 3.05) is 6.54 Å². The molecule has 0 aromatic heterocycles. The van der Waals surface area contributed by atoms with Crippen LogP contribution in [0.3, 0.4) is 0 Å². The highest BCUT2D eigenvalue weighted by molar-refractivity contribution is 5.75. The fourth-order valence-electron chi connectivity index (χ4n) is 0.866. The molecule has 0 fully saturated rings. The van der Waals surface area contributed by atoms with Crippen molar-refractivity contribution in [2.24, 2.45) is 0 Å². The van der Waals surface area contributed by atoms with Gasteiger partial charge in [-0.25, -0.2) is 0 Å². The summed E-state index contributed by atoms with van der Waals surface area (Å²) in [6.45, 7) is 2.78. The zero-order valence-corrected chi connectivity index (χ0v) is 7.64. The fourth-order valence-corrected chi connectivity index (χ4v) is 0.866. The lowest BCUT2D eigenvalue weighted by Crippen LogP contribution is -2.23. The molecular weight excluding hydrogens is 154 g/mol. The molecule has 12 heavy (non-hydrogen) atoms. The largest absolute Gasteiger partial charge is 0.356 e. The van der Waals surface area contributed by atoms with Crippen molar-refractivity contribution in [2.45, 2.75) is 39.0 Å². The van der Waals surface area contributed by atoms with Gasteiger partial charge < -0.3 is 10.1 Å². The maximum atomic E-state index is 11.0. The maximum Gasteiger partial charge on any atom is 0.219 e. The first-order chi connectivity index (χ1) is 5.81. The molecule has 0 aliphatic carbocycles. The fraction of sp³-hybridized carbons (Fsp3) is 0.778. The third kappa shape index (κ3) is 7.25. The Morgan fingerprint density at radius 3 is 2.75 bits per heavy atom. The standard InChI is InChI=1S/C9H17NO2/c1-2-7-10-9(12)6-4-3-5-8-11/h8H,2-7H2,1H3,(H,10,12). The van der Waals surface area contributed by atoms with Crippen molar-refractivity contribution in [3.05, 3.63) is 0 Å². The van der Waals surface area contributed by atoms with Crippen molar-refractivity contribution < 1.29 is 9.59 Å². The van der Waals surface area contributed by atoms with Crippen LogP contribution < -0.4 is 5.32 Å². The molecule has 0 atom stereocenters. The van der Waals surface area contributed by atoms with Crippen LogP contribution in [0.1, 0.15) is 39.0 Å². The van der Waals surface area contributed by atoms with Crippen LogP contribution in [0.5, 0.6) is 0 Å². The maximum absolute atomic E-state index is 11.0. The second-order valence-corrected chi connectivity index (χ2v) is 2.76. The summed E-state index contributed by atoms with van der Waals surface area (Å²) in [7, 11) is 0. The van der Waals surface area contributed by atoms with E-state index in [-0.39, 0.29) is 5.91 Å². The van der Waals surface area contributed by atoms with E-state index in [4.69, 9.17) is 0 Å². The van der Waals surface area contributed by atoms with E-state index in [9.17, 15) is 9.59 Å². The normalized spacial score (nSPS) is 9.42. The molecule has 0 heterocycles. The average molecular weight is 171 g/mol. The minimum Gasteiger partial charge on any atom is -0.356 e. The molecule has 0 unspecified atom stereocenters. The summed E-state index contributed by atoms with van der Waals surface area (Å²) in [6, 6.07) is 0. The van der Waals surface area contributed by atoms with E-state index in [0.29, 0.717) is 12.8 Å². The predicted molar refractivity (Wildman–Crippen MR) is 47.8 cm³/mol. The number of amides is 1. The molecule has 1 amide bonds. The second kappa shape index (κ2) is 8.24. The van der Waals surface area contributed by atoms with Gasteiger partial charge in [-0.2, -0.15) is 0 Å². The van der Waals surface area contributed by atoms with Crippen LogP contribution in [0, 0.1) is 0 Å². The Hall–Kier alpha value is -0.860. The zero-order chi connectivity index (χ0) is 9.23. The van der Waals surface area contributed by atoms with Crippen molar-refractivity contribution in [3.8, 4) is 0 Å². The van der Waals surface area contributed by atoms with Gasteiger partial charge in [0, 0.05) is 19.4 Å². The Morgan fingerprint density at radius 2 is 2.17 bits per heavy atom. The first-order valence-corrected chi connectivity index (χ1v) is 4.51. The lowest BCUT2D eigenvalue weighted by atomic mass is 10.2. The van der Waals surface area contributed by atoms with Crippen molar-refractivity contribution in [1.82, 2.24) is 5.32 Å². The monoisotopic (exact) mass is 171 g/mol. The molecule has 3 nitrogen and oxygen atoms in total. The van der Waals surface area contributed by atoms with Crippen LogP contribution in [0.4, 0.5) is 0 Å². The van der Waals surface area contributed by atoms with Gasteiger partial charge in [0.05, 0.1) is 0 Å². The molecule has 0 spiro atoms. The van der Waals surface area contributed by atoms with E-state index in [1.165, 1.54) is 0 Å². The highest BCUT2D eigenvalue weighted by atomic mass is 16.1. The summed E-state index contributed by atoms with van der Waals surface area (Å²) in [5, 5.41) is 2.78. The van der Waals surface area contributed by atoms with E-state index < -0.39 is 0 Å². The van der Waals surface area contributed by atoms with Crippen LogP contribution in [0.25, 0.3) is 0 Å².